The summed E-state index contributed by atoms with van der Waals surface area (Å²) < 4.78 is 15.7. The molecule has 0 aliphatic carbocycles. The molecule has 1 amide bonds. The van der Waals surface area contributed by atoms with Crippen molar-refractivity contribution in [2.45, 2.75) is 68.3 Å². The van der Waals surface area contributed by atoms with E-state index in [9.17, 15) is 40.5 Å². The van der Waals surface area contributed by atoms with Crippen molar-refractivity contribution < 1.29 is 54.8 Å². The van der Waals surface area contributed by atoms with Gasteiger partial charge in [0, 0.05) is 6.92 Å². The molecule has 0 aromatic carbocycles. The summed E-state index contributed by atoms with van der Waals surface area (Å²) in [5, 5.41) is 70.7. The second kappa shape index (κ2) is 8.84. The second-order valence-electron chi connectivity index (χ2n) is 6.26. The van der Waals surface area contributed by atoms with E-state index in [1.807, 2.05) is 0 Å². The molecule has 2 saturated heterocycles. The van der Waals surface area contributed by atoms with Gasteiger partial charge in [0.25, 0.3) is 0 Å². The fourth-order valence-corrected chi connectivity index (χ4v) is 2.98. The molecule has 0 unspecified atom stereocenters. The molecule has 0 radical (unpaired) electrons. The number of carbonyl (C=O) groups excluding carboxylic acids is 1. The second-order valence-corrected chi connectivity index (χ2v) is 6.26. The van der Waals surface area contributed by atoms with Gasteiger partial charge in [0.1, 0.15) is 48.8 Å². The molecule has 2 heterocycles. The maximum atomic E-state index is 11.2. The predicted octanol–water partition coefficient (Wildman–Crippen LogP) is -5.25. The monoisotopic (exact) mass is 383 g/mol. The van der Waals surface area contributed by atoms with Gasteiger partial charge in [0.2, 0.25) is 5.91 Å². The molecule has 26 heavy (non-hydrogen) atoms. The Morgan fingerprint density at radius 3 is 2.08 bits per heavy atom. The van der Waals surface area contributed by atoms with E-state index in [4.69, 9.17) is 14.2 Å². The molecule has 0 aromatic heterocycles. The summed E-state index contributed by atoms with van der Waals surface area (Å²) in [6.07, 6.45) is -13.6. The Balaban J connectivity index is 2.16. The van der Waals surface area contributed by atoms with Crippen molar-refractivity contribution in [3.63, 3.8) is 0 Å². The minimum Gasteiger partial charge on any atom is -0.394 e. The number of nitrogens with one attached hydrogen (secondary N) is 1. The zero-order valence-corrected chi connectivity index (χ0v) is 14.0. The summed E-state index contributed by atoms with van der Waals surface area (Å²) in [7, 11) is 0. The van der Waals surface area contributed by atoms with E-state index in [1.165, 1.54) is 0 Å². The molecule has 152 valence electrons. The summed E-state index contributed by atoms with van der Waals surface area (Å²) >= 11 is 0. The van der Waals surface area contributed by atoms with Crippen molar-refractivity contribution in [1.29, 1.82) is 0 Å². The third-order valence-corrected chi connectivity index (χ3v) is 4.38. The zero-order chi connectivity index (χ0) is 19.6. The number of rotatable bonds is 5. The lowest BCUT2D eigenvalue weighted by molar-refractivity contribution is -0.345. The lowest BCUT2D eigenvalue weighted by atomic mass is 9.95. The third-order valence-electron chi connectivity index (χ3n) is 4.38. The fraction of sp³-hybridized carbons (Fsp3) is 0.929. The van der Waals surface area contributed by atoms with Gasteiger partial charge in [-0.25, -0.2) is 0 Å². The molecule has 12 nitrogen and oxygen atoms in total. The maximum Gasteiger partial charge on any atom is 0.217 e. The van der Waals surface area contributed by atoms with Crippen molar-refractivity contribution in [1.82, 2.24) is 5.32 Å². The third kappa shape index (κ3) is 4.31. The minimum absolute atomic E-state index is 0.564. The fourth-order valence-electron chi connectivity index (χ4n) is 2.98. The molecule has 10 atom stereocenters. The van der Waals surface area contributed by atoms with Crippen molar-refractivity contribution in [2.24, 2.45) is 0 Å². The summed E-state index contributed by atoms with van der Waals surface area (Å²) in [6, 6.07) is -1.29. The largest absolute Gasteiger partial charge is 0.394 e. The lowest BCUT2D eigenvalue weighted by Crippen LogP contribution is -2.67. The van der Waals surface area contributed by atoms with E-state index in [-0.39, 0.29) is 0 Å². The van der Waals surface area contributed by atoms with Gasteiger partial charge in [-0.05, 0) is 0 Å². The van der Waals surface area contributed by atoms with Gasteiger partial charge in [-0.2, -0.15) is 0 Å². The average molecular weight is 383 g/mol. The zero-order valence-electron chi connectivity index (χ0n) is 14.0. The Hall–Kier alpha value is -0.930. The minimum atomic E-state index is -1.73. The topological polar surface area (TPSA) is 198 Å². The lowest BCUT2D eigenvalue weighted by Gasteiger charge is -2.46. The first-order valence-corrected chi connectivity index (χ1v) is 8.06. The molecule has 2 aliphatic heterocycles. The highest BCUT2D eigenvalue weighted by Crippen LogP contribution is 2.28. The van der Waals surface area contributed by atoms with Gasteiger partial charge >= 0.3 is 0 Å². The Kier molecular flexibility index (Phi) is 7.27. The Bertz CT molecular complexity index is 478. The SMILES string of the molecule is CC(=O)N[C@@H]1[C@@H](O)[C@H](O[C@@H]2O[C@H](CO)[C@@H](O)[C@H](O)[C@H]2O)[C@@H](CO)O[C@H]1O. The van der Waals surface area contributed by atoms with Crippen LogP contribution in [0.15, 0.2) is 0 Å². The van der Waals surface area contributed by atoms with Crippen LogP contribution in [-0.4, -0.2) is 116 Å². The molecular weight excluding hydrogens is 358 g/mol. The van der Waals surface area contributed by atoms with Gasteiger partial charge in [-0.1, -0.05) is 0 Å². The van der Waals surface area contributed by atoms with Crippen LogP contribution < -0.4 is 5.32 Å². The van der Waals surface area contributed by atoms with Crippen LogP contribution in [0.1, 0.15) is 6.92 Å². The van der Waals surface area contributed by atoms with E-state index >= 15 is 0 Å². The molecular formula is C14H25NO11. The Labute approximate surface area is 148 Å². The number of hydrogen-bond acceptors (Lipinski definition) is 11. The normalized spacial score (nSPS) is 46.8. The first kappa shape index (κ1) is 21.4. The van der Waals surface area contributed by atoms with Crippen LogP contribution in [0.2, 0.25) is 0 Å². The van der Waals surface area contributed by atoms with Crippen LogP contribution in [0, 0.1) is 0 Å². The average Bonchev–Trinajstić information content (AvgIpc) is 2.60. The summed E-state index contributed by atoms with van der Waals surface area (Å²) in [5.74, 6) is -0.564. The van der Waals surface area contributed by atoms with Gasteiger partial charge < -0.3 is 55.3 Å². The van der Waals surface area contributed by atoms with Crippen LogP contribution >= 0.6 is 0 Å². The number of aliphatic hydroxyl groups is 7. The molecule has 2 fully saturated rings. The van der Waals surface area contributed by atoms with Crippen molar-refractivity contribution >= 4 is 5.91 Å². The Morgan fingerprint density at radius 2 is 1.54 bits per heavy atom. The van der Waals surface area contributed by atoms with Gasteiger partial charge in [-0.15, -0.1) is 0 Å². The summed E-state index contributed by atoms with van der Waals surface area (Å²) in [4.78, 5) is 11.2. The van der Waals surface area contributed by atoms with E-state index in [0.717, 1.165) is 6.92 Å². The first-order chi connectivity index (χ1) is 12.2. The van der Waals surface area contributed by atoms with Crippen LogP contribution in [0.25, 0.3) is 0 Å². The van der Waals surface area contributed by atoms with Gasteiger partial charge in [0.15, 0.2) is 12.6 Å². The van der Waals surface area contributed by atoms with Crippen molar-refractivity contribution in [2.75, 3.05) is 13.2 Å². The highest BCUT2D eigenvalue weighted by atomic mass is 16.7. The Morgan fingerprint density at radius 1 is 0.923 bits per heavy atom. The number of hydrogen-bond donors (Lipinski definition) is 8. The van der Waals surface area contributed by atoms with Crippen molar-refractivity contribution in [3.05, 3.63) is 0 Å². The first-order valence-electron chi connectivity index (χ1n) is 8.06. The maximum absolute atomic E-state index is 11.2. The molecule has 0 spiro atoms. The highest BCUT2D eigenvalue weighted by molar-refractivity contribution is 5.73. The van der Waals surface area contributed by atoms with E-state index < -0.39 is 80.5 Å². The van der Waals surface area contributed by atoms with Crippen LogP contribution in [0.3, 0.4) is 0 Å². The molecule has 2 rings (SSSR count). The van der Waals surface area contributed by atoms with E-state index in [2.05, 4.69) is 5.32 Å². The quantitative estimate of drug-likeness (QED) is 0.226. The van der Waals surface area contributed by atoms with Crippen molar-refractivity contribution in [3.8, 4) is 0 Å². The van der Waals surface area contributed by atoms with E-state index in [1.54, 1.807) is 0 Å². The highest BCUT2D eigenvalue weighted by Gasteiger charge is 2.50. The summed E-state index contributed by atoms with van der Waals surface area (Å²) in [6.45, 7) is -0.195. The summed E-state index contributed by atoms with van der Waals surface area (Å²) in [5.41, 5.74) is 0. The smallest absolute Gasteiger partial charge is 0.217 e. The number of carbonyl (C=O) groups is 1. The standard InChI is InChI=1S/C14H25NO11/c1-4(18)15-7-9(20)12(6(3-17)24-13(7)23)26-14-11(22)10(21)8(19)5(2-16)25-14/h5-14,16-17,19-23H,2-3H2,1H3,(H,15,18)/t5-,6-,7-,8-,9-,10+,11-,12-,13-,14+/m1/s1. The van der Waals surface area contributed by atoms with Crippen LogP contribution in [-0.2, 0) is 19.0 Å². The van der Waals surface area contributed by atoms with Gasteiger partial charge in [-0.3, -0.25) is 4.79 Å². The number of aliphatic hydroxyl groups excluding tert-OH is 7. The number of amides is 1. The molecule has 2 aliphatic rings. The number of ether oxygens (including phenoxy) is 3. The predicted molar refractivity (Wildman–Crippen MR) is 80.2 cm³/mol. The molecule has 0 bridgehead atoms. The molecule has 8 N–H and O–H groups in total. The van der Waals surface area contributed by atoms with Crippen LogP contribution in [0.4, 0.5) is 0 Å². The van der Waals surface area contributed by atoms with E-state index in [0.29, 0.717) is 0 Å². The molecule has 0 saturated carbocycles. The van der Waals surface area contributed by atoms with Gasteiger partial charge in [0.05, 0.1) is 13.2 Å². The molecule has 12 heteroatoms. The van der Waals surface area contributed by atoms with Crippen LogP contribution in [0.5, 0.6) is 0 Å². The molecule has 0 aromatic rings.